The molecule has 2 aromatic rings. The molecule has 3 rings (SSSR count). The van der Waals surface area contributed by atoms with Crippen LogP contribution in [-0.2, 0) is 0 Å². The van der Waals surface area contributed by atoms with Gasteiger partial charge in [-0.3, -0.25) is 4.79 Å². The molecule has 0 aliphatic carbocycles. The number of hydrogen-bond acceptors (Lipinski definition) is 3. The van der Waals surface area contributed by atoms with E-state index in [1.54, 1.807) is 6.07 Å². The minimum atomic E-state index is -0.436. The molecule has 1 atom stereocenters. The van der Waals surface area contributed by atoms with Crippen LogP contribution in [0.15, 0.2) is 48.5 Å². The second-order valence-electron chi connectivity index (χ2n) is 4.72. The van der Waals surface area contributed by atoms with Crippen LogP contribution in [-0.4, -0.2) is 25.2 Å². The molecule has 0 unspecified atom stereocenters. The highest BCUT2D eigenvalue weighted by Crippen LogP contribution is 2.30. The van der Waals surface area contributed by atoms with E-state index >= 15 is 0 Å². The SMILES string of the molecule is O=C(NC[C@H]1COc2ccccc2O1)c1cccc(F)c1. The predicted molar refractivity (Wildman–Crippen MR) is 75.1 cm³/mol. The van der Waals surface area contributed by atoms with Crippen molar-refractivity contribution in [3.63, 3.8) is 0 Å². The molecule has 1 N–H and O–H groups in total. The molecule has 0 saturated heterocycles. The highest BCUT2D eigenvalue weighted by atomic mass is 19.1. The van der Waals surface area contributed by atoms with Crippen LogP contribution in [0.1, 0.15) is 10.4 Å². The summed E-state index contributed by atoms with van der Waals surface area (Å²) in [5.41, 5.74) is 0.284. The lowest BCUT2D eigenvalue weighted by molar-refractivity contribution is 0.0789. The second kappa shape index (κ2) is 5.83. The number of amides is 1. The molecule has 0 spiro atoms. The van der Waals surface area contributed by atoms with Gasteiger partial charge in [-0.1, -0.05) is 18.2 Å². The summed E-state index contributed by atoms with van der Waals surface area (Å²) in [4.78, 5) is 11.9. The lowest BCUT2D eigenvalue weighted by Gasteiger charge is -2.26. The summed E-state index contributed by atoms with van der Waals surface area (Å²) in [6.07, 6.45) is -0.266. The van der Waals surface area contributed by atoms with Gasteiger partial charge < -0.3 is 14.8 Å². The van der Waals surface area contributed by atoms with Crippen molar-refractivity contribution >= 4 is 5.91 Å². The van der Waals surface area contributed by atoms with Gasteiger partial charge >= 0.3 is 0 Å². The molecule has 4 nitrogen and oxygen atoms in total. The Labute approximate surface area is 121 Å². The third-order valence-corrected chi connectivity index (χ3v) is 3.14. The Bertz CT molecular complexity index is 659. The Kier molecular flexibility index (Phi) is 3.73. The van der Waals surface area contributed by atoms with Crippen LogP contribution in [0, 0.1) is 5.82 Å². The van der Waals surface area contributed by atoms with Gasteiger partial charge in [0.25, 0.3) is 5.91 Å². The van der Waals surface area contributed by atoms with Gasteiger partial charge in [-0.2, -0.15) is 0 Å². The van der Waals surface area contributed by atoms with Gasteiger partial charge in [-0.15, -0.1) is 0 Å². The topological polar surface area (TPSA) is 47.6 Å². The molecule has 0 aromatic heterocycles. The maximum absolute atomic E-state index is 13.1. The fourth-order valence-corrected chi connectivity index (χ4v) is 2.10. The number of halogens is 1. The van der Waals surface area contributed by atoms with E-state index in [4.69, 9.17) is 9.47 Å². The Morgan fingerprint density at radius 3 is 2.81 bits per heavy atom. The lowest BCUT2D eigenvalue weighted by Crippen LogP contribution is -2.40. The first kappa shape index (κ1) is 13.4. The summed E-state index contributed by atoms with van der Waals surface area (Å²) in [6.45, 7) is 0.657. The third-order valence-electron chi connectivity index (χ3n) is 3.14. The van der Waals surface area contributed by atoms with Gasteiger partial charge in [0.05, 0.1) is 6.54 Å². The molecule has 5 heteroatoms. The van der Waals surface area contributed by atoms with Gasteiger partial charge in [0.15, 0.2) is 11.5 Å². The van der Waals surface area contributed by atoms with Crippen molar-refractivity contribution in [2.75, 3.05) is 13.2 Å². The molecule has 0 saturated carbocycles. The number of benzene rings is 2. The number of nitrogens with one attached hydrogen (secondary N) is 1. The number of carbonyl (C=O) groups is 1. The Morgan fingerprint density at radius 2 is 2.00 bits per heavy atom. The molecule has 0 radical (unpaired) electrons. The molecule has 1 amide bonds. The van der Waals surface area contributed by atoms with Crippen LogP contribution < -0.4 is 14.8 Å². The van der Waals surface area contributed by atoms with E-state index in [0.717, 1.165) is 0 Å². The smallest absolute Gasteiger partial charge is 0.251 e. The standard InChI is InChI=1S/C16H14FNO3/c17-12-5-3-4-11(8-12)16(19)18-9-13-10-20-14-6-1-2-7-15(14)21-13/h1-8,13H,9-10H2,(H,18,19)/t13-/m0/s1. The average Bonchev–Trinajstić information content (AvgIpc) is 2.52. The second-order valence-corrected chi connectivity index (χ2v) is 4.72. The van der Waals surface area contributed by atoms with Crippen LogP contribution in [0.3, 0.4) is 0 Å². The summed E-state index contributed by atoms with van der Waals surface area (Å²) in [5.74, 6) is 0.588. The average molecular weight is 287 g/mol. The van der Waals surface area contributed by atoms with Crippen molar-refractivity contribution in [3.05, 3.63) is 59.9 Å². The number of rotatable bonds is 3. The quantitative estimate of drug-likeness (QED) is 0.943. The zero-order valence-corrected chi connectivity index (χ0v) is 11.2. The zero-order chi connectivity index (χ0) is 14.7. The van der Waals surface area contributed by atoms with E-state index in [9.17, 15) is 9.18 Å². The fraction of sp³-hybridized carbons (Fsp3) is 0.188. The molecule has 108 valence electrons. The molecular formula is C16H14FNO3. The van der Waals surface area contributed by atoms with Crippen LogP contribution in [0.4, 0.5) is 4.39 Å². The van der Waals surface area contributed by atoms with Crippen LogP contribution in [0.2, 0.25) is 0 Å². The molecular weight excluding hydrogens is 273 g/mol. The highest BCUT2D eigenvalue weighted by Gasteiger charge is 2.21. The number of ether oxygens (including phenoxy) is 2. The van der Waals surface area contributed by atoms with E-state index in [1.165, 1.54) is 18.2 Å². The zero-order valence-electron chi connectivity index (χ0n) is 11.2. The molecule has 1 aliphatic rings. The molecule has 2 aromatic carbocycles. The van der Waals surface area contributed by atoms with E-state index in [2.05, 4.69) is 5.32 Å². The summed E-state index contributed by atoms with van der Waals surface area (Å²) in [5, 5.41) is 2.72. The largest absolute Gasteiger partial charge is 0.486 e. The number of carbonyl (C=O) groups excluding carboxylic acids is 1. The van der Waals surface area contributed by atoms with Crippen LogP contribution in [0.5, 0.6) is 11.5 Å². The predicted octanol–water partition coefficient (Wildman–Crippen LogP) is 2.40. The monoisotopic (exact) mass is 287 g/mol. The fourth-order valence-electron chi connectivity index (χ4n) is 2.10. The molecule has 0 fully saturated rings. The van der Waals surface area contributed by atoms with Crippen molar-refractivity contribution in [1.29, 1.82) is 0 Å². The first-order valence-corrected chi connectivity index (χ1v) is 6.64. The van der Waals surface area contributed by atoms with Crippen molar-refractivity contribution in [3.8, 4) is 11.5 Å². The summed E-state index contributed by atoms with van der Waals surface area (Å²) in [7, 11) is 0. The first-order chi connectivity index (χ1) is 10.2. The Hall–Kier alpha value is -2.56. The Morgan fingerprint density at radius 1 is 1.19 bits per heavy atom. The van der Waals surface area contributed by atoms with E-state index in [-0.39, 0.29) is 17.6 Å². The third kappa shape index (κ3) is 3.13. The van der Waals surface area contributed by atoms with Crippen molar-refractivity contribution in [1.82, 2.24) is 5.32 Å². The molecule has 21 heavy (non-hydrogen) atoms. The molecule has 1 heterocycles. The number of fused-ring (bicyclic) bond motifs is 1. The van der Waals surface area contributed by atoms with Crippen LogP contribution in [0.25, 0.3) is 0 Å². The molecule has 1 aliphatic heterocycles. The van der Waals surface area contributed by atoms with Gasteiger partial charge in [0.2, 0.25) is 0 Å². The van der Waals surface area contributed by atoms with E-state index < -0.39 is 5.82 Å². The van der Waals surface area contributed by atoms with Gasteiger partial charge in [0, 0.05) is 5.56 Å². The summed E-state index contributed by atoms with van der Waals surface area (Å²) in [6, 6.07) is 12.9. The first-order valence-electron chi connectivity index (χ1n) is 6.64. The highest BCUT2D eigenvalue weighted by molar-refractivity contribution is 5.94. The van der Waals surface area contributed by atoms with Gasteiger partial charge in [-0.05, 0) is 30.3 Å². The van der Waals surface area contributed by atoms with Gasteiger partial charge in [-0.25, -0.2) is 4.39 Å². The number of para-hydroxylation sites is 2. The maximum atomic E-state index is 13.1. The van der Waals surface area contributed by atoms with Gasteiger partial charge in [0.1, 0.15) is 18.5 Å². The minimum absolute atomic E-state index is 0.266. The summed E-state index contributed by atoms with van der Waals surface area (Å²) >= 11 is 0. The Balaban J connectivity index is 1.58. The van der Waals surface area contributed by atoms with E-state index in [1.807, 2.05) is 24.3 Å². The molecule has 0 bridgehead atoms. The van der Waals surface area contributed by atoms with Crippen molar-refractivity contribution in [2.45, 2.75) is 6.10 Å². The van der Waals surface area contributed by atoms with Crippen LogP contribution >= 0.6 is 0 Å². The minimum Gasteiger partial charge on any atom is -0.486 e. The van der Waals surface area contributed by atoms with E-state index in [0.29, 0.717) is 24.7 Å². The number of hydrogen-bond donors (Lipinski definition) is 1. The summed E-state index contributed by atoms with van der Waals surface area (Å²) < 4.78 is 24.3. The maximum Gasteiger partial charge on any atom is 0.251 e. The lowest BCUT2D eigenvalue weighted by atomic mass is 10.2. The van der Waals surface area contributed by atoms with Crippen molar-refractivity contribution < 1.29 is 18.7 Å². The normalized spacial score (nSPS) is 16.3. The van der Waals surface area contributed by atoms with Crippen molar-refractivity contribution in [2.24, 2.45) is 0 Å².